The fourth-order valence-corrected chi connectivity index (χ4v) is 9.39. The molecule has 1 unspecified atom stereocenters. The Morgan fingerprint density at radius 3 is 2.28 bits per heavy atom. The molecule has 7 rings (SSSR count). The van der Waals surface area contributed by atoms with Gasteiger partial charge in [-0.15, -0.1) is 23.1 Å². The molecule has 58 heavy (non-hydrogen) atoms. The standard InChI is InChI=1S/C46H39BrN4O5S2/c1-56-46(55)40-37-23-24-51(28-30-13-5-2-6-14-30)29-39(37)58-45(40)50-44(54)41(32-16-7-3-8-17-32)57-36-22-12-21-35(27-36)48-43(53)38(26-31-15-11-20-34(47)25-31)49-42(52)33-18-9-4-10-19-33/h2-22,25-27,41H,23-24,28-29H2,1H3,(H,48,53)(H,49,52)(H,50,54)/b38-26+. The quantitative estimate of drug-likeness (QED) is 0.0602. The molecule has 0 radical (unpaired) electrons. The molecule has 2 heterocycles. The predicted molar refractivity (Wildman–Crippen MR) is 235 cm³/mol. The Morgan fingerprint density at radius 1 is 0.845 bits per heavy atom. The summed E-state index contributed by atoms with van der Waals surface area (Å²) in [6, 6.07) is 42.9. The van der Waals surface area contributed by atoms with Crippen LogP contribution in [-0.2, 0) is 33.8 Å². The summed E-state index contributed by atoms with van der Waals surface area (Å²) in [4.78, 5) is 58.7. The number of methoxy groups -OCH3 is 1. The number of fused-ring (bicyclic) bond motifs is 1. The molecule has 0 bridgehead atoms. The van der Waals surface area contributed by atoms with Gasteiger partial charge in [-0.2, -0.15) is 0 Å². The minimum Gasteiger partial charge on any atom is -0.465 e. The van der Waals surface area contributed by atoms with Crippen molar-refractivity contribution in [2.75, 3.05) is 24.3 Å². The minimum atomic E-state index is -0.719. The van der Waals surface area contributed by atoms with Gasteiger partial charge in [-0.25, -0.2) is 4.79 Å². The summed E-state index contributed by atoms with van der Waals surface area (Å²) in [6.07, 6.45) is 2.27. The van der Waals surface area contributed by atoms with E-state index in [1.165, 1.54) is 35.8 Å². The van der Waals surface area contributed by atoms with E-state index in [1.54, 1.807) is 48.5 Å². The molecule has 5 aromatic carbocycles. The Morgan fingerprint density at radius 2 is 1.55 bits per heavy atom. The average molecular weight is 872 g/mol. The molecule has 0 spiro atoms. The van der Waals surface area contributed by atoms with Crippen LogP contribution >= 0.6 is 39.0 Å². The van der Waals surface area contributed by atoms with E-state index >= 15 is 0 Å². The van der Waals surface area contributed by atoms with Gasteiger partial charge in [0.1, 0.15) is 15.9 Å². The number of carbonyl (C=O) groups excluding carboxylic acids is 4. The van der Waals surface area contributed by atoms with Gasteiger partial charge in [0, 0.05) is 45.1 Å². The predicted octanol–water partition coefficient (Wildman–Crippen LogP) is 9.74. The van der Waals surface area contributed by atoms with Crippen molar-refractivity contribution in [2.45, 2.75) is 29.7 Å². The number of carbonyl (C=O) groups is 4. The lowest BCUT2D eigenvalue weighted by atomic mass is 10.0. The molecule has 9 nitrogen and oxygen atoms in total. The van der Waals surface area contributed by atoms with Crippen LogP contribution in [0.3, 0.4) is 0 Å². The third-order valence-electron chi connectivity index (χ3n) is 9.39. The van der Waals surface area contributed by atoms with Gasteiger partial charge in [0.25, 0.3) is 11.8 Å². The van der Waals surface area contributed by atoms with Crippen LogP contribution in [-0.4, -0.2) is 42.2 Å². The van der Waals surface area contributed by atoms with E-state index in [4.69, 9.17) is 4.74 Å². The van der Waals surface area contributed by atoms with Crippen molar-refractivity contribution in [3.8, 4) is 0 Å². The molecular formula is C46H39BrN4O5S2. The first kappa shape index (κ1) is 40.4. The molecule has 1 atom stereocenters. The molecule has 1 aromatic heterocycles. The third kappa shape index (κ3) is 10.2. The van der Waals surface area contributed by atoms with Crippen LogP contribution in [0, 0.1) is 0 Å². The van der Waals surface area contributed by atoms with E-state index in [9.17, 15) is 19.2 Å². The van der Waals surface area contributed by atoms with E-state index in [1.807, 2.05) is 84.9 Å². The Balaban J connectivity index is 1.12. The highest BCUT2D eigenvalue weighted by molar-refractivity contribution is 9.10. The molecule has 3 N–H and O–H groups in total. The molecule has 12 heteroatoms. The molecule has 6 aromatic rings. The number of esters is 1. The van der Waals surface area contributed by atoms with Crippen molar-refractivity contribution >= 4 is 79.5 Å². The van der Waals surface area contributed by atoms with Gasteiger partial charge in [0.05, 0.1) is 12.7 Å². The second kappa shape index (κ2) is 19.1. The highest BCUT2D eigenvalue weighted by Gasteiger charge is 2.31. The summed E-state index contributed by atoms with van der Waals surface area (Å²) >= 11 is 6.20. The van der Waals surface area contributed by atoms with Gasteiger partial charge >= 0.3 is 5.97 Å². The number of thioether (sulfide) groups is 1. The Hall–Kier alpha value is -5.79. The summed E-state index contributed by atoms with van der Waals surface area (Å²) in [6.45, 7) is 2.20. The van der Waals surface area contributed by atoms with E-state index < -0.39 is 23.0 Å². The molecule has 0 fully saturated rings. The largest absolute Gasteiger partial charge is 0.465 e. The topological polar surface area (TPSA) is 117 Å². The van der Waals surface area contributed by atoms with Crippen LogP contribution < -0.4 is 16.0 Å². The van der Waals surface area contributed by atoms with Crippen LogP contribution in [0.25, 0.3) is 6.08 Å². The first-order valence-electron chi connectivity index (χ1n) is 18.5. The van der Waals surface area contributed by atoms with Crippen LogP contribution in [0.1, 0.15) is 53.1 Å². The van der Waals surface area contributed by atoms with Crippen molar-refractivity contribution in [3.05, 3.63) is 188 Å². The second-order valence-electron chi connectivity index (χ2n) is 13.5. The summed E-state index contributed by atoms with van der Waals surface area (Å²) < 4.78 is 6.05. The smallest absolute Gasteiger partial charge is 0.341 e. The van der Waals surface area contributed by atoms with E-state index in [-0.39, 0.29) is 11.6 Å². The zero-order valence-corrected chi connectivity index (χ0v) is 34.7. The van der Waals surface area contributed by atoms with Gasteiger partial charge in [-0.1, -0.05) is 113 Å². The number of hydrogen-bond acceptors (Lipinski definition) is 8. The highest BCUT2D eigenvalue weighted by Crippen LogP contribution is 2.41. The molecule has 1 aliphatic rings. The van der Waals surface area contributed by atoms with E-state index in [0.717, 1.165) is 33.6 Å². The molecular weight excluding hydrogens is 833 g/mol. The Kier molecular flexibility index (Phi) is 13.3. The van der Waals surface area contributed by atoms with Crippen molar-refractivity contribution in [1.29, 1.82) is 0 Å². The number of amides is 3. The summed E-state index contributed by atoms with van der Waals surface area (Å²) in [5.74, 6) is -1.74. The normalized spacial score (nSPS) is 13.2. The Bertz CT molecular complexity index is 2460. The zero-order valence-electron chi connectivity index (χ0n) is 31.4. The van der Waals surface area contributed by atoms with Gasteiger partial charge < -0.3 is 20.7 Å². The van der Waals surface area contributed by atoms with Crippen molar-refractivity contribution in [2.24, 2.45) is 0 Å². The Labute approximate surface area is 353 Å². The second-order valence-corrected chi connectivity index (χ2v) is 16.7. The number of anilines is 2. The number of rotatable bonds is 13. The lowest BCUT2D eigenvalue weighted by Crippen LogP contribution is -2.30. The minimum absolute atomic E-state index is 0.0507. The number of halogens is 1. The third-order valence-corrected chi connectivity index (χ3v) is 12.3. The van der Waals surface area contributed by atoms with Crippen LogP contribution in [0.15, 0.2) is 155 Å². The molecule has 0 saturated heterocycles. The van der Waals surface area contributed by atoms with Gasteiger partial charge in [0.2, 0.25) is 5.91 Å². The van der Waals surface area contributed by atoms with Gasteiger partial charge in [-0.3, -0.25) is 19.3 Å². The van der Waals surface area contributed by atoms with Crippen molar-refractivity contribution in [3.63, 3.8) is 0 Å². The van der Waals surface area contributed by atoms with Crippen molar-refractivity contribution in [1.82, 2.24) is 10.2 Å². The maximum atomic E-state index is 14.4. The monoisotopic (exact) mass is 870 g/mol. The van der Waals surface area contributed by atoms with Gasteiger partial charge in [-0.05, 0) is 77.2 Å². The van der Waals surface area contributed by atoms with Gasteiger partial charge in [0.15, 0.2) is 0 Å². The van der Waals surface area contributed by atoms with E-state index in [2.05, 4.69) is 48.9 Å². The van der Waals surface area contributed by atoms with Crippen molar-refractivity contribution < 1.29 is 23.9 Å². The molecule has 0 saturated carbocycles. The van der Waals surface area contributed by atoms with Crippen LogP contribution in [0.2, 0.25) is 0 Å². The highest BCUT2D eigenvalue weighted by atomic mass is 79.9. The molecule has 3 amide bonds. The summed E-state index contributed by atoms with van der Waals surface area (Å²) in [7, 11) is 1.35. The lowest BCUT2D eigenvalue weighted by molar-refractivity contribution is -0.116. The molecule has 0 aliphatic carbocycles. The van der Waals surface area contributed by atoms with E-state index in [0.29, 0.717) is 45.2 Å². The first-order valence-corrected chi connectivity index (χ1v) is 21.0. The SMILES string of the molecule is COC(=O)c1c(NC(=O)C(Sc2cccc(NC(=O)/C(=C\c3cccc(Br)c3)NC(=O)c3ccccc3)c2)c2ccccc2)sc2c1CCN(Cc1ccccc1)C2. The average Bonchev–Trinajstić information content (AvgIpc) is 3.60. The fourth-order valence-electron chi connectivity index (χ4n) is 6.60. The number of ether oxygens (including phenoxy) is 1. The maximum absolute atomic E-state index is 14.4. The molecule has 292 valence electrons. The first-order chi connectivity index (χ1) is 28.2. The fraction of sp³-hybridized carbons (Fsp3) is 0.130. The van der Waals surface area contributed by atoms with Crippen LogP contribution in [0.4, 0.5) is 10.7 Å². The lowest BCUT2D eigenvalue weighted by Gasteiger charge is -2.27. The van der Waals surface area contributed by atoms with Crippen LogP contribution in [0.5, 0.6) is 0 Å². The number of nitrogens with one attached hydrogen (secondary N) is 3. The number of benzene rings is 5. The summed E-state index contributed by atoms with van der Waals surface area (Å²) in [5, 5.41) is 8.56. The number of thiophene rings is 1. The molecule has 1 aliphatic heterocycles. The maximum Gasteiger partial charge on any atom is 0.341 e. The number of nitrogens with zero attached hydrogens (tertiary/aromatic N) is 1. The number of hydrogen-bond donors (Lipinski definition) is 3. The summed E-state index contributed by atoms with van der Waals surface area (Å²) in [5.41, 5.74) is 4.93. The zero-order chi connectivity index (χ0) is 40.4.